The number of aromatic amines is 1. The number of rotatable bonds is 2. The van der Waals surface area contributed by atoms with Crippen LogP contribution in [0, 0.1) is 0 Å². The molecule has 0 bridgehead atoms. The maximum atomic E-state index is 6.00. The van der Waals surface area contributed by atoms with Crippen molar-refractivity contribution in [1.82, 2.24) is 9.88 Å². The first-order valence-corrected chi connectivity index (χ1v) is 6.52. The number of para-hydroxylation sites is 1. The number of ether oxygens (including phenoxy) is 1. The molecule has 0 atom stereocenters. The van der Waals surface area contributed by atoms with Crippen LogP contribution >= 0.6 is 0 Å². The third kappa shape index (κ3) is 2.71. The Morgan fingerprint density at radius 3 is 2.89 bits per heavy atom. The molecule has 0 unspecified atom stereocenters. The molecule has 0 spiro atoms. The zero-order chi connectivity index (χ0) is 13.1. The highest BCUT2D eigenvalue weighted by molar-refractivity contribution is 5.81. The van der Waals surface area contributed by atoms with Crippen molar-refractivity contribution in [3.63, 3.8) is 0 Å². The first-order valence-electron chi connectivity index (χ1n) is 6.52. The van der Waals surface area contributed by atoms with Gasteiger partial charge < -0.3 is 20.4 Å². The molecule has 0 aliphatic carbocycles. The van der Waals surface area contributed by atoms with E-state index < -0.39 is 0 Å². The molecule has 2 aromatic rings. The van der Waals surface area contributed by atoms with Crippen molar-refractivity contribution in [2.75, 3.05) is 26.3 Å². The first-order chi connectivity index (χ1) is 9.33. The second-order valence-electron chi connectivity index (χ2n) is 4.66. The van der Waals surface area contributed by atoms with Crippen LogP contribution in [-0.2, 0) is 11.3 Å². The summed E-state index contributed by atoms with van der Waals surface area (Å²) in [5.41, 5.74) is 8.21. The molecule has 0 radical (unpaired) electrons. The molecule has 2 heterocycles. The van der Waals surface area contributed by atoms with Crippen LogP contribution in [0.3, 0.4) is 0 Å². The highest BCUT2D eigenvalue weighted by Crippen LogP contribution is 2.15. The average Bonchev–Trinajstić information content (AvgIpc) is 2.88. The Hall–Kier alpha value is -2.01. The molecular weight excluding hydrogens is 240 g/mol. The van der Waals surface area contributed by atoms with Crippen molar-refractivity contribution < 1.29 is 4.74 Å². The van der Waals surface area contributed by atoms with Gasteiger partial charge >= 0.3 is 0 Å². The number of H-pyrrole nitrogens is 1. The van der Waals surface area contributed by atoms with Gasteiger partial charge in [-0.05, 0) is 17.5 Å². The molecule has 1 aromatic heterocycles. The quantitative estimate of drug-likeness (QED) is 0.630. The lowest BCUT2D eigenvalue weighted by molar-refractivity contribution is 0.0674. The van der Waals surface area contributed by atoms with Gasteiger partial charge in [0.2, 0.25) is 0 Å². The van der Waals surface area contributed by atoms with Crippen LogP contribution in [0.1, 0.15) is 5.69 Å². The molecule has 1 aromatic carbocycles. The van der Waals surface area contributed by atoms with Crippen molar-refractivity contribution in [3.8, 4) is 0 Å². The van der Waals surface area contributed by atoms with E-state index in [1.54, 1.807) is 0 Å². The fourth-order valence-electron chi connectivity index (χ4n) is 2.28. The lowest BCUT2D eigenvalue weighted by Gasteiger charge is -2.27. The third-order valence-corrected chi connectivity index (χ3v) is 3.33. The summed E-state index contributed by atoms with van der Waals surface area (Å²) in [4.78, 5) is 9.86. The number of nitrogens with one attached hydrogen (secondary N) is 1. The molecule has 19 heavy (non-hydrogen) atoms. The van der Waals surface area contributed by atoms with Gasteiger partial charge in [-0.15, -0.1) is 0 Å². The van der Waals surface area contributed by atoms with Gasteiger partial charge in [-0.2, -0.15) is 0 Å². The number of benzene rings is 1. The predicted octanol–water partition coefficient (Wildman–Crippen LogP) is 1.31. The SMILES string of the molecule is NC(=NCc1cc2ccccc2[nH]1)N1CCOCC1. The summed E-state index contributed by atoms with van der Waals surface area (Å²) in [6.45, 7) is 3.67. The minimum Gasteiger partial charge on any atom is -0.378 e. The monoisotopic (exact) mass is 258 g/mol. The van der Waals surface area contributed by atoms with Crippen molar-refractivity contribution in [3.05, 3.63) is 36.0 Å². The summed E-state index contributed by atoms with van der Waals surface area (Å²) >= 11 is 0. The maximum Gasteiger partial charge on any atom is 0.191 e. The molecule has 5 heteroatoms. The van der Waals surface area contributed by atoms with Gasteiger partial charge in [-0.1, -0.05) is 18.2 Å². The number of nitrogens with zero attached hydrogens (tertiary/aromatic N) is 2. The van der Waals surface area contributed by atoms with Gasteiger partial charge in [0.25, 0.3) is 0 Å². The van der Waals surface area contributed by atoms with Gasteiger partial charge in [0.05, 0.1) is 19.8 Å². The van der Waals surface area contributed by atoms with Gasteiger partial charge in [0, 0.05) is 24.3 Å². The summed E-state index contributed by atoms with van der Waals surface area (Å²) in [5.74, 6) is 0.599. The van der Waals surface area contributed by atoms with Crippen molar-refractivity contribution in [2.45, 2.75) is 6.54 Å². The van der Waals surface area contributed by atoms with Crippen molar-refractivity contribution in [2.24, 2.45) is 10.7 Å². The molecule has 0 saturated carbocycles. The molecule has 100 valence electrons. The zero-order valence-corrected chi connectivity index (χ0v) is 10.8. The summed E-state index contributed by atoms with van der Waals surface area (Å²) in [7, 11) is 0. The Morgan fingerprint density at radius 1 is 1.32 bits per heavy atom. The van der Waals surface area contributed by atoms with Crippen LogP contribution < -0.4 is 5.73 Å². The Labute approximate surface area is 112 Å². The topological polar surface area (TPSA) is 66.6 Å². The van der Waals surface area contributed by atoms with E-state index in [1.807, 2.05) is 12.1 Å². The predicted molar refractivity (Wildman–Crippen MR) is 76.0 cm³/mol. The van der Waals surface area contributed by atoms with E-state index in [2.05, 4.69) is 33.1 Å². The van der Waals surface area contributed by atoms with Gasteiger partial charge in [-0.3, -0.25) is 0 Å². The van der Waals surface area contributed by atoms with Crippen LogP contribution in [0.25, 0.3) is 10.9 Å². The number of nitrogens with two attached hydrogens (primary N) is 1. The van der Waals surface area contributed by atoms with Crippen LogP contribution in [0.4, 0.5) is 0 Å². The third-order valence-electron chi connectivity index (χ3n) is 3.33. The number of aliphatic imine (C=N–C) groups is 1. The van der Waals surface area contributed by atoms with Crippen molar-refractivity contribution >= 4 is 16.9 Å². The number of fused-ring (bicyclic) bond motifs is 1. The smallest absolute Gasteiger partial charge is 0.191 e. The van der Waals surface area contributed by atoms with Crippen LogP contribution in [0.15, 0.2) is 35.3 Å². The first kappa shape index (κ1) is 12.0. The van der Waals surface area contributed by atoms with Crippen molar-refractivity contribution in [1.29, 1.82) is 0 Å². The van der Waals surface area contributed by atoms with Crippen LogP contribution in [0.5, 0.6) is 0 Å². The van der Waals surface area contributed by atoms with Gasteiger partial charge in [0.1, 0.15) is 0 Å². The second-order valence-corrected chi connectivity index (χ2v) is 4.66. The number of hydrogen-bond acceptors (Lipinski definition) is 2. The van der Waals surface area contributed by atoms with Gasteiger partial charge in [0.15, 0.2) is 5.96 Å². The van der Waals surface area contributed by atoms with E-state index in [4.69, 9.17) is 10.5 Å². The summed E-state index contributed by atoms with van der Waals surface area (Å²) in [6.07, 6.45) is 0. The Balaban J connectivity index is 1.70. The molecule has 3 N–H and O–H groups in total. The van der Waals surface area contributed by atoms with E-state index in [1.165, 1.54) is 5.39 Å². The normalized spacial score (nSPS) is 17.1. The number of morpholine rings is 1. The van der Waals surface area contributed by atoms with Crippen LogP contribution in [0.2, 0.25) is 0 Å². The zero-order valence-electron chi connectivity index (χ0n) is 10.8. The van der Waals surface area contributed by atoms with E-state index in [-0.39, 0.29) is 0 Å². The largest absolute Gasteiger partial charge is 0.378 e. The molecular formula is C14H18N4O. The summed E-state index contributed by atoms with van der Waals surface area (Å²) in [6, 6.07) is 10.3. The number of aromatic nitrogens is 1. The Kier molecular flexibility index (Phi) is 3.37. The summed E-state index contributed by atoms with van der Waals surface area (Å²) < 4.78 is 5.29. The highest BCUT2D eigenvalue weighted by Gasteiger charge is 2.11. The van der Waals surface area contributed by atoms with Crippen LogP contribution in [-0.4, -0.2) is 42.1 Å². The van der Waals surface area contributed by atoms with Gasteiger partial charge in [-0.25, -0.2) is 4.99 Å². The lowest BCUT2D eigenvalue weighted by atomic mass is 10.2. The van der Waals surface area contributed by atoms with E-state index in [0.29, 0.717) is 12.5 Å². The average molecular weight is 258 g/mol. The number of hydrogen-bond donors (Lipinski definition) is 2. The lowest BCUT2D eigenvalue weighted by Crippen LogP contribution is -2.44. The second kappa shape index (κ2) is 5.32. The molecule has 1 aliphatic heterocycles. The van der Waals surface area contributed by atoms with E-state index in [0.717, 1.165) is 37.5 Å². The molecule has 1 saturated heterocycles. The minimum atomic E-state index is 0.581. The summed E-state index contributed by atoms with van der Waals surface area (Å²) in [5, 5.41) is 1.21. The fourth-order valence-corrected chi connectivity index (χ4v) is 2.28. The standard InChI is InChI=1S/C14H18N4O/c15-14(18-5-7-19-8-6-18)16-10-12-9-11-3-1-2-4-13(11)17-12/h1-4,9,17H,5-8,10H2,(H2,15,16). The van der Waals surface area contributed by atoms with E-state index >= 15 is 0 Å². The Bertz CT molecular complexity index is 551. The maximum absolute atomic E-state index is 6.00. The molecule has 5 nitrogen and oxygen atoms in total. The molecule has 1 fully saturated rings. The fraction of sp³-hybridized carbons (Fsp3) is 0.357. The number of guanidine groups is 1. The Morgan fingerprint density at radius 2 is 2.11 bits per heavy atom. The molecule has 1 aliphatic rings. The molecule has 3 rings (SSSR count). The van der Waals surface area contributed by atoms with E-state index in [9.17, 15) is 0 Å². The minimum absolute atomic E-state index is 0.581. The highest BCUT2D eigenvalue weighted by atomic mass is 16.5. The molecule has 0 amide bonds.